The number of carbonyl (C=O) groups excluding carboxylic acids is 2. The van der Waals surface area contributed by atoms with Crippen molar-refractivity contribution in [1.29, 1.82) is 0 Å². The van der Waals surface area contributed by atoms with E-state index < -0.39 is 10.0 Å². The van der Waals surface area contributed by atoms with Gasteiger partial charge in [0.2, 0.25) is 15.9 Å². The van der Waals surface area contributed by atoms with Gasteiger partial charge in [0.05, 0.1) is 10.9 Å². The van der Waals surface area contributed by atoms with Crippen LogP contribution in [0.2, 0.25) is 0 Å². The number of benzene rings is 1. The maximum Gasteiger partial charge on any atom is 0.243 e. The highest BCUT2D eigenvalue weighted by atomic mass is 32.2. The second-order valence-corrected chi connectivity index (χ2v) is 9.28. The van der Waals surface area contributed by atoms with Crippen LogP contribution in [-0.2, 0) is 14.8 Å². The van der Waals surface area contributed by atoms with Crippen molar-refractivity contribution in [3.05, 3.63) is 29.8 Å². The van der Waals surface area contributed by atoms with Crippen LogP contribution in [0.15, 0.2) is 29.2 Å². The summed E-state index contributed by atoms with van der Waals surface area (Å²) >= 11 is 0. The first-order valence-electron chi connectivity index (χ1n) is 9.50. The Bertz CT molecular complexity index is 786. The summed E-state index contributed by atoms with van der Waals surface area (Å²) < 4.78 is 27.3. The van der Waals surface area contributed by atoms with E-state index in [1.807, 2.05) is 0 Å². The molecule has 2 N–H and O–H groups in total. The Morgan fingerprint density at radius 3 is 2.56 bits per heavy atom. The second-order valence-electron chi connectivity index (χ2n) is 7.35. The highest BCUT2D eigenvalue weighted by Gasteiger charge is 2.31. The molecule has 1 aromatic carbocycles. The molecule has 2 unspecified atom stereocenters. The molecule has 7 nitrogen and oxygen atoms in total. The number of ketones is 1. The lowest BCUT2D eigenvalue weighted by Crippen LogP contribution is -2.46. The Kier molecular flexibility index (Phi) is 6.29. The Labute approximate surface area is 160 Å². The largest absolute Gasteiger partial charge is 0.354 e. The molecule has 0 aliphatic carbocycles. The summed E-state index contributed by atoms with van der Waals surface area (Å²) in [6.45, 7) is 3.69. The maximum absolute atomic E-state index is 12.9. The number of hydrogen-bond acceptors (Lipinski definition) is 5. The molecule has 0 radical (unpaired) electrons. The van der Waals surface area contributed by atoms with Crippen molar-refractivity contribution in [1.82, 2.24) is 14.9 Å². The zero-order valence-corrected chi connectivity index (χ0v) is 16.4. The number of nitrogens with zero attached hydrogens (tertiary/aromatic N) is 1. The van der Waals surface area contributed by atoms with Crippen molar-refractivity contribution < 1.29 is 18.0 Å². The van der Waals surface area contributed by atoms with Crippen LogP contribution in [0.3, 0.4) is 0 Å². The summed E-state index contributed by atoms with van der Waals surface area (Å²) in [5.41, 5.74) is 0.494. The number of sulfonamides is 1. The molecule has 1 amide bonds. The number of piperidine rings is 1. The van der Waals surface area contributed by atoms with Gasteiger partial charge in [-0.2, -0.15) is 4.31 Å². The van der Waals surface area contributed by atoms with Crippen LogP contribution >= 0.6 is 0 Å². The van der Waals surface area contributed by atoms with Crippen LogP contribution in [0.5, 0.6) is 0 Å². The average Bonchev–Trinajstić information content (AvgIpc) is 3.21. The summed E-state index contributed by atoms with van der Waals surface area (Å²) in [5, 5.41) is 6.13. The maximum atomic E-state index is 12.9. The number of hydrogen-bond donors (Lipinski definition) is 2. The topological polar surface area (TPSA) is 95.6 Å². The quantitative estimate of drug-likeness (QED) is 0.707. The molecule has 0 bridgehead atoms. The first kappa shape index (κ1) is 20.0. The molecular weight excluding hydrogens is 366 g/mol. The minimum Gasteiger partial charge on any atom is -0.354 e. The smallest absolute Gasteiger partial charge is 0.243 e. The molecule has 0 aromatic heterocycles. The van der Waals surface area contributed by atoms with Crippen LogP contribution in [0.1, 0.15) is 43.0 Å². The summed E-state index contributed by atoms with van der Waals surface area (Å²) in [6.07, 6.45) is 3.53. The van der Waals surface area contributed by atoms with Gasteiger partial charge >= 0.3 is 0 Å². The summed E-state index contributed by atoms with van der Waals surface area (Å²) in [4.78, 5) is 23.7. The Morgan fingerprint density at radius 1 is 1.19 bits per heavy atom. The second kappa shape index (κ2) is 8.50. The van der Waals surface area contributed by atoms with E-state index >= 15 is 0 Å². The summed E-state index contributed by atoms with van der Waals surface area (Å²) in [6, 6.07) is 5.96. The van der Waals surface area contributed by atoms with Gasteiger partial charge in [0.25, 0.3) is 0 Å². The van der Waals surface area contributed by atoms with Crippen molar-refractivity contribution in [2.24, 2.45) is 5.92 Å². The summed E-state index contributed by atoms with van der Waals surface area (Å²) in [5.74, 6) is 0.0205. The average molecular weight is 394 g/mol. The molecule has 1 aromatic rings. The fourth-order valence-corrected chi connectivity index (χ4v) is 5.25. The van der Waals surface area contributed by atoms with E-state index in [1.54, 1.807) is 12.1 Å². The molecule has 2 fully saturated rings. The van der Waals surface area contributed by atoms with E-state index in [0.717, 1.165) is 32.2 Å². The van der Waals surface area contributed by atoms with Gasteiger partial charge in [-0.3, -0.25) is 9.59 Å². The van der Waals surface area contributed by atoms with E-state index in [2.05, 4.69) is 10.6 Å². The predicted octanol–water partition coefficient (Wildman–Crippen LogP) is 1.16. The number of Topliss-reactive ketones (excluding diaryl/α,β-unsaturated/α-hetero) is 1. The third kappa shape index (κ3) is 4.75. The third-order valence-electron chi connectivity index (χ3n) is 5.32. The van der Waals surface area contributed by atoms with Crippen molar-refractivity contribution in [3.63, 3.8) is 0 Å². The highest BCUT2D eigenvalue weighted by molar-refractivity contribution is 7.89. The number of nitrogens with one attached hydrogen (secondary N) is 2. The standard InChI is InChI=1S/C19H27N3O4S/c1-14(23)16-6-8-17(9-7-16)27(25,26)22-11-3-4-15(13-22)12-21-19(24)18-5-2-10-20-18/h6-9,15,18,20H,2-5,10-13H2,1H3,(H,21,24). The van der Waals surface area contributed by atoms with E-state index in [0.29, 0.717) is 25.2 Å². The SMILES string of the molecule is CC(=O)c1ccc(S(=O)(=O)N2CCCC(CNC(=O)C3CCCN3)C2)cc1. The van der Waals surface area contributed by atoms with Gasteiger partial charge in [0.1, 0.15) is 0 Å². The highest BCUT2D eigenvalue weighted by Crippen LogP contribution is 2.24. The Balaban J connectivity index is 1.60. The Hall–Kier alpha value is -1.77. The number of rotatable bonds is 6. The third-order valence-corrected chi connectivity index (χ3v) is 7.20. The zero-order valence-electron chi connectivity index (χ0n) is 15.6. The molecule has 2 atom stereocenters. The molecule has 2 aliphatic rings. The van der Waals surface area contributed by atoms with Gasteiger partial charge in [-0.25, -0.2) is 8.42 Å². The van der Waals surface area contributed by atoms with Gasteiger partial charge in [-0.15, -0.1) is 0 Å². The lowest BCUT2D eigenvalue weighted by atomic mass is 9.99. The van der Waals surface area contributed by atoms with Crippen LogP contribution in [0.4, 0.5) is 0 Å². The normalized spacial score (nSPS) is 23.9. The van der Waals surface area contributed by atoms with Gasteiger partial charge in [-0.05, 0) is 57.2 Å². The van der Waals surface area contributed by atoms with Crippen molar-refractivity contribution in [2.75, 3.05) is 26.2 Å². The van der Waals surface area contributed by atoms with Crippen molar-refractivity contribution in [2.45, 2.75) is 43.5 Å². The molecule has 0 spiro atoms. The molecular formula is C19H27N3O4S. The van der Waals surface area contributed by atoms with Crippen LogP contribution in [-0.4, -0.2) is 56.6 Å². The van der Waals surface area contributed by atoms with Gasteiger partial charge in [0.15, 0.2) is 5.78 Å². The monoisotopic (exact) mass is 393 g/mol. The van der Waals surface area contributed by atoms with Crippen molar-refractivity contribution >= 4 is 21.7 Å². The van der Waals surface area contributed by atoms with Crippen molar-refractivity contribution in [3.8, 4) is 0 Å². The number of amides is 1. The first-order chi connectivity index (χ1) is 12.9. The lowest BCUT2D eigenvalue weighted by molar-refractivity contribution is -0.123. The van der Waals surface area contributed by atoms with Gasteiger partial charge in [0, 0.05) is 25.2 Å². The molecule has 8 heteroatoms. The minimum atomic E-state index is -3.59. The van der Waals surface area contributed by atoms with Gasteiger partial charge < -0.3 is 10.6 Å². The summed E-state index contributed by atoms with van der Waals surface area (Å²) in [7, 11) is -3.59. The van der Waals surface area contributed by atoms with E-state index in [9.17, 15) is 18.0 Å². The van der Waals surface area contributed by atoms with E-state index in [1.165, 1.54) is 23.4 Å². The Morgan fingerprint density at radius 2 is 1.93 bits per heavy atom. The fraction of sp³-hybridized carbons (Fsp3) is 0.579. The molecule has 3 rings (SSSR count). The predicted molar refractivity (Wildman–Crippen MR) is 102 cm³/mol. The molecule has 148 valence electrons. The molecule has 0 saturated carbocycles. The van der Waals surface area contributed by atoms with Crippen LogP contribution < -0.4 is 10.6 Å². The molecule has 2 aliphatic heterocycles. The van der Waals surface area contributed by atoms with Crippen LogP contribution in [0.25, 0.3) is 0 Å². The lowest BCUT2D eigenvalue weighted by Gasteiger charge is -2.32. The first-order valence-corrected chi connectivity index (χ1v) is 10.9. The fourth-order valence-electron chi connectivity index (χ4n) is 3.70. The minimum absolute atomic E-state index is 0.00676. The molecule has 27 heavy (non-hydrogen) atoms. The number of carbonyl (C=O) groups is 2. The van der Waals surface area contributed by atoms with Crippen LogP contribution in [0, 0.1) is 5.92 Å². The van der Waals surface area contributed by atoms with E-state index in [4.69, 9.17) is 0 Å². The molecule has 2 heterocycles. The van der Waals surface area contributed by atoms with E-state index in [-0.39, 0.29) is 28.5 Å². The zero-order chi connectivity index (χ0) is 19.4. The molecule has 2 saturated heterocycles. The van der Waals surface area contributed by atoms with Gasteiger partial charge in [-0.1, -0.05) is 12.1 Å².